The minimum atomic E-state index is -0.191. The Balaban J connectivity index is 3.12. The third-order valence-corrected chi connectivity index (χ3v) is 2.67. The lowest BCUT2D eigenvalue weighted by molar-refractivity contribution is 0.403. The van der Waals surface area contributed by atoms with Crippen molar-refractivity contribution in [3.8, 4) is 5.75 Å². The van der Waals surface area contributed by atoms with Crippen LogP contribution in [0.15, 0.2) is 6.07 Å². The van der Waals surface area contributed by atoms with E-state index in [0.717, 1.165) is 24.1 Å². The van der Waals surface area contributed by atoms with Gasteiger partial charge in [-0.15, -0.1) is 0 Å². The first-order valence-corrected chi connectivity index (χ1v) is 5.09. The molecule has 0 aliphatic rings. The second-order valence-corrected chi connectivity index (χ2v) is 3.65. The predicted octanol–water partition coefficient (Wildman–Crippen LogP) is 2.21. The van der Waals surface area contributed by atoms with E-state index in [1.807, 2.05) is 14.0 Å². The summed E-state index contributed by atoms with van der Waals surface area (Å²) in [7, 11) is 3.47. The molecule has 84 valence electrons. The molecule has 2 nitrogen and oxygen atoms in total. The second-order valence-electron chi connectivity index (χ2n) is 3.65. The number of rotatable bonds is 4. The van der Waals surface area contributed by atoms with Crippen LogP contribution in [-0.2, 0) is 6.42 Å². The topological polar surface area (TPSA) is 21.3 Å². The normalized spacial score (nSPS) is 10.5. The van der Waals surface area contributed by atoms with Gasteiger partial charge in [0.25, 0.3) is 0 Å². The number of nitrogens with one attached hydrogen (secondary N) is 1. The van der Waals surface area contributed by atoms with Crippen LogP contribution in [0.1, 0.15) is 16.7 Å². The molecule has 15 heavy (non-hydrogen) atoms. The number of likely N-dealkylation sites (N-methyl/N-ethyl adjacent to an activating group) is 1. The number of hydrogen-bond donors (Lipinski definition) is 1. The molecule has 1 aromatic carbocycles. The average molecular weight is 211 g/mol. The zero-order valence-electron chi connectivity index (χ0n) is 9.78. The quantitative estimate of drug-likeness (QED) is 0.824. The van der Waals surface area contributed by atoms with Gasteiger partial charge in [0.15, 0.2) is 0 Å². The highest BCUT2D eigenvalue weighted by molar-refractivity contribution is 5.46. The Morgan fingerprint density at radius 3 is 2.53 bits per heavy atom. The molecule has 3 heteroatoms. The van der Waals surface area contributed by atoms with Crippen LogP contribution in [0.25, 0.3) is 0 Å². The van der Waals surface area contributed by atoms with Crippen LogP contribution in [0.3, 0.4) is 0 Å². The van der Waals surface area contributed by atoms with Gasteiger partial charge in [-0.05, 0) is 51.1 Å². The minimum absolute atomic E-state index is 0.191. The Bertz CT molecular complexity index is 350. The fourth-order valence-electron chi connectivity index (χ4n) is 1.73. The molecular weight excluding hydrogens is 193 g/mol. The van der Waals surface area contributed by atoms with E-state index in [1.54, 1.807) is 20.1 Å². The van der Waals surface area contributed by atoms with Gasteiger partial charge in [0.2, 0.25) is 0 Å². The van der Waals surface area contributed by atoms with Gasteiger partial charge in [-0.25, -0.2) is 4.39 Å². The van der Waals surface area contributed by atoms with Crippen LogP contribution in [0.4, 0.5) is 4.39 Å². The molecule has 1 aromatic rings. The van der Waals surface area contributed by atoms with Crippen molar-refractivity contribution in [2.45, 2.75) is 20.3 Å². The van der Waals surface area contributed by atoms with Crippen molar-refractivity contribution in [1.29, 1.82) is 0 Å². The van der Waals surface area contributed by atoms with Gasteiger partial charge in [-0.3, -0.25) is 0 Å². The van der Waals surface area contributed by atoms with Crippen LogP contribution in [0.2, 0.25) is 0 Å². The Morgan fingerprint density at radius 1 is 1.33 bits per heavy atom. The lowest BCUT2D eigenvalue weighted by atomic mass is 10.0. The zero-order chi connectivity index (χ0) is 11.4. The molecular formula is C12H18FNO. The first-order chi connectivity index (χ1) is 7.11. The van der Waals surface area contributed by atoms with Gasteiger partial charge < -0.3 is 10.1 Å². The van der Waals surface area contributed by atoms with E-state index in [0.29, 0.717) is 11.3 Å². The van der Waals surface area contributed by atoms with E-state index in [2.05, 4.69) is 5.32 Å². The molecule has 0 aliphatic heterocycles. The molecule has 1 rings (SSSR count). The smallest absolute Gasteiger partial charge is 0.130 e. The third-order valence-electron chi connectivity index (χ3n) is 2.67. The van der Waals surface area contributed by atoms with E-state index < -0.39 is 0 Å². The largest absolute Gasteiger partial charge is 0.496 e. The summed E-state index contributed by atoms with van der Waals surface area (Å²) in [5.41, 5.74) is 2.62. The summed E-state index contributed by atoms with van der Waals surface area (Å²) < 4.78 is 18.8. The standard InChI is InChI=1S/C12H18FNO/c1-8-10(5-6-14-3)7-11(13)9(2)12(8)15-4/h7,14H,5-6H2,1-4H3. The summed E-state index contributed by atoms with van der Waals surface area (Å²) in [5.74, 6) is 0.477. The number of halogens is 1. The summed E-state index contributed by atoms with van der Waals surface area (Å²) in [6.45, 7) is 4.55. The van der Waals surface area contributed by atoms with Crippen LogP contribution >= 0.6 is 0 Å². The Labute approximate surface area is 90.4 Å². The molecule has 0 atom stereocenters. The summed E-state index contributed by atoms with van der Waals surface area (Å²) in [4.78, 5) is 0. The first kappa shape index (κ1) is 12.0. The third kappa shape index (κ3) is 2.48. The van der Waals surface area contributed by atoms with Crippen LogP contribution in [-0.4, -0.2) is 20.7 Å². The van der Waals surface area contributed by atoms with E-state index in [1.165, 1.54) is 0 Å². The molecule has 0 spiro atoms. The summed E-state index contributed by atoms with van der Waals surface area (Å²) in [5, 5.41) is 3.05. The van der Waals surface area contributed by atoms with Gasteiger partial charge in [0.05, 0.1) is 7.11 Å². The minimum Gasteiger partial charge on any atom is -0.496 e. The highest BCUT2D eigenvalue weighted by atomic mass is 19.1. The van der Waals surface area contributed by atoms with Crippen LogP contribution < -0.4 is 10.1 Å². The fraction of sp³-hybridized carbons (Fsp3) is 0.500. The monoisotopic (exact) mass is 211 g/mol. The van der Waals surface area contributed by atoms with Gasteiger partial charge in [-0.1, -0.05) is 0 Å². The van der Waals surface area contributed by atoms with Gasteiger partial charge in [0.1, 0.15) is 11.6 Å². The molecule has 0 aromatic heterocycles. The second kappa shape index (κ2) is 5.12. The van der Waals surface area contributed by atoms with E-state index >= 15 is 0 Å². The highest BCUT2D eigenvalue weighted by Gasteiger charge is 2.12. The van der Waals surface area contributed by atoms with Gasteiger partial charge in [0, 0.05) is 5.56 Å². The highest BCUT2D eigenvalue weighted by Crippen LogP contribution is 2.28. The molecule has 1 N–H and O–H groups in total. The van der Waals surface area contributed by atoms with E-state index in [4.69, 9.17) is 4.74 Å². The van der Waals surface area contributed by atoms with Crippen molar-refractivity contribution in [2.75, 3.05) is 20.7 Å². The zero-order valence-corrected chi connectivity index (χ0v) is 9.78. The molecule has 0 unspecified atom stereocenters. The number of benzene rings is 1. The van der Waals surface area contributed by atoms with Gasteiger partial charge in [-0.2, -0.15) is 0 Å². The van der Waals surface area contributed by atoms with Crippen molar-refractivity contribution < 1.29 is 9.13 Å². The van der Waals surface area contributed by atoms with Gasteiger partial charge >= 0.3 is 0 Å². The van der Waals surface area contributed by atoms with Crippen molar-refractivity contribution in [2.24, 2.45) is 0 Å². The fourth-order valence-corrected chi connectivity index (χ4v) is 1.73. The van der Waals surface area contributed by atoms with E-state index in [-0.39, 0.29) is 5.82 Å². The van der Waals surface area contributed by atoms with Crippen LogP contribution in [0.5, 0.6) is 5.75 Å². The van der Waals surface area contributed by atoms with Crippen molar-refractivity contribution in [1.82, 2.24) is 5.32 Å². The number of ether oxygens (including phenoxy) is 1. The Hall–Kier alpha value is -1.09. The lowest BCUT2D eigenvalue weighted by Gasteiger charge is -2.14. The van der Waals surface area contributed by atoms with Crippen molar-refractivity contribution in [3.63, 3.8) is 0 Å². The summed E-state index contributed by atoms with van der Waals surface area (Å²) in [6.07, 6.45) is 0.815. The first-order valence-electron chi connectivity index (χ1n) is 5.09. The van der Waals surface area contributed by atoms with Crippen molar-refractivity contribution >= 4 is 0 Å². The van der Waals surface area contributed by atoms with Crippen molar-refractivity contribution in [3.05, 3.63) is 28.6 Å². The maximum absolute atomic E-state index is 13.5. The summed E-state index contributed by atoms with van der Waals surface area (Å²) in [6, 6.07) is 1.60. The Kier molecular flexibility index (Phi) is 4.09. The number of hydrogen-bond acceptors (Lipinski definition) is 2. The summed E-state index contributed by atoms with van der Waals surface area (Å²) >= 11 is 0. The average Bonchev–Trinajstić information content (AvgIpc) is 2.22. The lowest BCUT2D eigenvalue weighted by Crippen LogP contribution is -2.12. The SMILES string of the molecule is CNCCc1cc(F)c(C)c(OC)c1C. The van der Waals surface area contributed by atoms with Crippen LogP contribution in [0, 0.1) is 19.7 Å². The number of methoxy groups -OCH3 is 1. The molecule has 0 bridgehead atoms. The molecule has 0 saturated carbocycles. The molecule has 0 fully saturated rings. The molecule has 0 aliphatic carbocycles. The molecule has 0 saturated heterocycles. The maximum atomic E-state index is 13.5. The molecule has 0 heterocycles. The Morgan fingerprint density at radius 2 is 2.00 bits per heavy atom. The van der Waals surface area contributed by atoms with E-state index in [9.17, 15) is 4.39 Å². The molecule has 0 radical (unpaired) electrons. The molecule has 0 amide bonds. The predicted molar refractivity (Wildman–Crippen MR) is 60.1 cm³/mol. The maximum Gasteiger partial charge on any atom is 0.130 e.